The maximum Gasteiger partial charge on any atom is 0.185 e. The predicted octanol–water partition coefficient (Wildman–Crippen LogP) is 3.38. The van der Waals surface area contributed by atoms with Gasteiger partial charge in [-0.05, 0) is 24.1 Å². The van der Waals surface area contributed by atoms with E-state index in [0.717, 1.165) is 23.5 Å². The molecule has 0 fully saturated rings. The van der Waals surface area contributed by atoms with Crippen molar-refractivity contribution in [2.75, 3.05) is 12.9 Å². The molecule has 2 nitrogen and oxygen atoms in total. The molecule has 1 rings (SSSR count). The fraction of sp³-hybridized carbons (Fsp3) is 0.308. The number of thioether (sulfide) groups is 1. The van der Waals surface area contributed by atoms with Gasteiger partial charge >= 0.3 is 0 Å². The van der Waals surface area contributed by atoms with Crippen LogP contribution in [-0.4, -0.2) is 18.0 Å². The number of rotatable bonds is 5. The number of hydrogen-bond acceptors (Lipinski definition) is 3. The number of carbonyl (C=O) groups is 1. The molecule has 86 valence electrons. The second-order valence-electron chi connectivity index (χ2n) is 3.31. The molecule has 0 atom stereocenters. The van der Waals surface area contributed by atoms with Gasteiger partial charge in [-0.25, -0.2) is 0 Å². The molecule has 0 bridgehead atoms. The van der Waals surface area contributed by atoms with Gasteiger partial charge in [0.15, 0.2) is 5.12 Å². The van der Waals surface area contributed by atoms with Crippen LogP contribution in [0.1, 0.15) is 18.9 Å². The van der Waals surface area contributed by atoms with Crippen LogP contribution in [0.15, 0.2) is 30.3 Å². The zero-order chi connectivity index (χ0) is 11.8. The fourth-order valence-corrected chi connectivity index (χ4v) is 1.78. The summed E-state index contributed by atoms with van der Waals surface area (Å²) in [7, 11) is 1.66. The SMILES string of the molecule is COc1cccc(C=CCCSC(C)=O)c1. The Hall–Kier alpha value is -1.22. The molecule has 0 heterocycles. The quantitative estimate of drug-likeness (QED) is 0.733. The highest BCUT2D eigenvalue weighted by Crippen LogP contribution is 2.14. The number of carbonyl (C=O) groups excluding carboxylic acids is 1. The number of methoxy groups -OCH3 is 1. The van der Waals surface area contributed by atoms with E-state index in [1.807, 2.05) is 30.3 Å². The fourth-order valence-electron chi connectivity index (χ4n) is 1.24. The standard InChI is InChI=1S/C13H16O2S/c1-11(14)16-9-4-3-6-12-7-5-8-13(10-12)15-2/h3,5-8,10H,4,9H2,1-2H3. The molecule has 0 saturated heterocycles. The highest BCUT2D eigenvalue weighted by Gasteiger charge is 1.92. The van der Waals surface area contributed by atoms with E-state index < -0.39 is 0 Å². The van der Waals surface area contributed by atoms with Gasteiger partial charge in [0.25, 0.3) is 0 Å². The van der Waals surface area contributed by atoms with Crippen molar-refractivity contribution in [1.82, 2.24) is 0 Å². The van der Waals surface area contributed by atoms with Crippen LogP contribution in [-0.2, 0) is 4.79 Å². The molecule has 0 aliphatic carbocycles. The van der Waals surface area contributed by atoms with Crippen LogP contribution in [0, 0.1) is 0 Å². The van der Waals surface area contributed by atoms with Gasteiger partial charge < -0.3 is 4.74 Å². The summed E-state index contributed by atoms with van der Waals surface area (Å²) in [5.74, 6) is 1.70. The van der Waals surface area contributed by atoms with Gasteiger partial charge in [-0.1, -0.05) is 36.0 Å². The molecular formula is C13H16O2S. The Morgan fingerprint density at radius 3 is 3.00 bits per heavy atom. The first-order chi connectivity index (χ1) is 7.72. The molecule has 0 N–H and O–H groups in total. The molecule has 0 radical (unpaired) electrons. The number of allylic oxidation sites excluding steroid dienone is 1. The molecule has 0 spiro atoms. The lowest BCUT2D eigenvalue weighted by Crippen LogP contribution is -1.84. The number of ether oxygens (including phenoxy) is 1. The third-order valence-electron chi connectivity index (χ3n) is 1.99. The topological polar surface area (TPSA) is 26.3 Å². The van der Waals surface area contributed by atoms with E-state index >= 15 is 0 Å². The highest BCUT2D eigenvalue weighted by atomic mass is 32.2. The van der Waals surface area contributed by atoms with Crippen LogP contribution in [0.5, 0.6) is 5.75 Å². The molecule has 1 aromatic carbocycles. The second kappa shape index (κ2) is 7.12. The zero-order valence-electron chi connectivity index (χ0n) is 9.60. The van der Waals surface area contributed by atoms with Crippen molar-refractivity contribution in [2.45, 2.75) is 13.3 Å². The van der Waals surface area contributed by atoms with Gasteiger partial charge in [0.05, 0.1) is 7.11 Å². The van der Waals surface area contributed by atoms with Gasteiger partial charge in [0, 0.05) is 12.7 Å². The summed E-state index contributed by atoms with van der Waals surface area (Å²) in [5.41, 5.74) is 1.12. The Morgan fingerprint density at radius 2 is 2.31 bits per heavy atom. The molecule has 3 heteroatoms. The summed E-state index contributed by atoms with van der Waals surface area (Å²) in [6.45, 7) is 1.59. The maximum atomic E-state index is 10.7. The second-order valence-corrected chi connectivity index (χ2v) is 4.58. The molecule has 0 saturated carbocycles. The van der Waals surface area contributed by atoms with Crippen molar-refractivity contribution in [3.8, 4) is 5.75 Å². The van der Waals surface area contributed by atoms with Gasteiger partial charge in [-0.2, -0.15) is 0 Å². The first-order valence-electron chi connectivity index (χ1n) is 5.16. The average molecular weight is 236 g/mol. The molecule has 0 aliphatic rings. The highest BCUT2D eigenvalue weighted by molar-refractivity contribution is 8.13. The first kappa shape index (κ1) is 12.8. The Labute approximate surface area is 101 Å². The minimum atomic E-state index is 0.176. The maximum absolute atomic E-state index is 10.7. The minimum absolute atomic E-state index is 0.176. The first-order valence-corrected chi connectivity index (χ1v) is 6.15. The summed E-state index contributed by atoms with van der Waals surface area (Å²) in [6, 6.07) is 7.89. The van der Waals surface area contributed by atoms with Crippen LogP contribution < -0.4 is 4.74 Å². The summed E-state index contributed by atoms with van der Waals surface area (Å²) in [6.07, 6.45) is 5.02. The Bertz CT molecular complexity index is 372. The molecule has 16 heavy (non-hydrogen) atoms. The van der Waals surface area contributed by atoms with Crippen LogP contribution in [0.25, 0.3) is 6.08 Å². The summed E-state index contributed by atoms with van der Waals surface area (Å²) in [5, 5.41) is 0.176. The lowest BCUT2D eigenvalue weighted by Gasteiger charge is -1.99. The average Bonchev–Trinajstić information content (AvgIpc) is 2.28. The molecule has 0 amide bonds. The summed E-state index contributed by atoms with van der Waals surface area (Å²) >= 11 is 1.36. The third kappa shape index (κ3) is 5.03. The van der Waals surface area contributed by atoms with Crippen molar-refractivity contribution in [3.05, 3.63) is 35.9 Å². The van der Waals surface area contributed by atoms with Gasteiger partial charge in [-0.15, -0.1) is 0 Å². The van der Waals surface area contributed by atoms with Crippen LogP contribution in [0.2, 0.25) is 0 Å². The predicted molar refractivity (Wildman–Crippen MR) is 69.8 cm³/mol. The Morgan fingerprint density at radius 1 is 1.50 bits per heavy atom. The largest absolute Gasteiger partial charge is 0.497 e. The van der Waals surface area contributed by atoms with E-state index in [1.54, 1.807) is 14.0 Å². The lowest BCUT2D eigenvalue weighted by atomic mass is 10.2. The molecule has 0 aromatic heterocycles. The van der Waals surface area contributed by atoms with E-state index in [-0.39, 0.29) is 5.12 Å². The number of benzene rings is 1. The minimum Gasteiger partial charge on any atom is -0.497 e. The monoisotopic (exact) mass is 236 g/mol. The van der Waals surface area contributed by atoms with E-state index in [2.05, 4.69) is 6.08 Å². The normalized spacial score (nSPS) is 10.6. The zero-order valence-corrected chi connectivity index (χ0v) is 10.4. The Kier molecular flexibility index (Phi) is 5.72. The van der Waals surface area contributed by atoms with E-state index in [9.17, 15) is 4.79 Å². The van der Waals surface area contributed by atoms with Crippen molar-refractivity contribution in [1.29, 1.82) is 0 Å². The molecule has 0 aliphatic heterocycles. The summed E-state index contributed by atoms with van der Waals surface area (Å²) in [4.78, 5) is 10.7. The van der Waals surface area contributed by atoms with Crippen LogP contribution >= 0.6 is 11.8 Å². The lowest BCUT2D eigenvalue weighted by molar-refractivity contribution is -0.109. The van der Waals surface area contributed by atoms with Crippen LogP contribution in [0.3, 0.4) is 0 Å². The van der Waals surface area contributed by atoms with E-state index in [0.29, 0.717) is 0 Å². The van der Waals surface area contributed by atoms with Crippen molar-refractivity contribution < 1.29 is 9.53 Å². The summed E-state index contributed by atoms with van der Waals surface area (Å²) < 4.78 is 5.13. The number of hydrogen-bond donors (Lipinski definition) is 0. The third-order valence-corrected chi connectivity index (χ3v) is 2.84. The van der Waals surface area contributed by atoms with Crippen molar-refractivity contribution >= 4 is 23.0 Å². The molecule has 0 unspecified atom stereocenters. The van der Waals surface area contributed by atoms with Crippen molar-refractivity contribution in [2.24, 2.45) is 0 Å². The van der Waals surface area contributed by atoms with E-state index in [4.69, 9.17) is 4.74 Å². The smallest absolute Gasteiger partial charge is 0.185 e. The van der Waals surface area contributed by atoms with E-state index in [1.165, 1.54) is 11.8 Å². The van der Waals surface area contributed by atoms with Crippen LogP contribution in [0.4, 0.5) is 0 Å². The Balaban J connectivity index is 2.40. The van der Waals surface area contributed by atoms with Crippen molar-refractivity contribution in [3.63, 3.8) is 0 Å². The van der Waals surface area contributed by atoms with Gasteiger partial charge in [0.2, 0.25) is 0 Å². The van der Waals surface area contributed by atoms with Gasteiger partial charge in [-0.3, -0.25) is 4.79 Å². The van der Waals surface area contributed by atoms with Gasteiger partial charge in [0.1, 0.15) is 5.75 Å². The molecular weight excluding hydrogens is 220 g/mol. The molecule has 1 aromatic rings.